The lowest BCUT2D eigenvalue weighted by molar-refractivity contribution is -0.117. The number of nitrogens with one attached hydrogen (secondary N) is 1. The van der Waals surface area contributed by atoms with Gasteiger partial charge in [-0.05, 0) is 19.3 Å². The molecule has 1 aliphatic rings. The molecule has 1 saturated heterocycles. The summed E-state index contributed by atoms with van der Waals surface area (Å²) in [5, 5.41) is 2.93. The SMILES string of the molecule is NC/C=C/C(=O)NC1CCCOCC1. The lowest BCUT2D eigenvalue weighted by Crippen LogP contribution is -2.33. The van der Waals surface area contributed by atoms with Crippen LogP contribution in [0, 0.1) is 0 Å². The van der Waals surface area contributed by atoms with Gasteiger partial charge in [0.05, 0.1) is 0 Å². The summed E-state index contributed by atoms with van der Waals surface area (Å²) in [5.41, 5.74) is 5.25. The van der Waals surface area contributed by atoms with Gasteiger partial charge >= 0.3 is 0 Å². The molecule has 4 heteroatoms. The first-order chi connectivity index (χ1) is 6.83. The number of hydrogen-bond donors (Lipinski definition) is 2. The van der Waals surface area contributed by atoms with Crippen molar-refractivity contribution in [1.29, 1.82) is 0 Å². The minimum Gasteiger partial charge on any atom is -0.381 e. The van der Waals surface area contributed by atoms with Gasteiger partial charge in [0, 0.05) is 31.9 Å². The van der Waals surface area contributed by atoms with Gasteiger partial charge < -0.3 is 15.8 Å². The second-order valence-corrected chi connectivity index (χ2v) is 3.39. The Morgan fingerprint density at radius 1 is 1.50 bits per heavy atom. The summed E-state index contributed by atoms with van der Waals surface area (Å²) < 4.78 is 5.30. The zero-order chi connectivity index (χ0) is 10.2. The quantitative estimate of drug-likeness (QED) is 0.636. The molecule has 1 heterocycles. The second kappa shape index (κ2) is 6.56. The van der Waals surface area contributed by atoms with E-state index in [1.165, 1.54) is 6.08 Å². The maximum Gasteiger partial charge on any atom is 0.243 e. The van der Waals surface area contributed by atoms with Crippen molar-refractivity contribution in [1.82, 2.24) is 5.32 Å². The topological polar surface area (TPSA) is 64.4 Å². The molecule has 3 N–H and O–H groups in total. The zero-order valence-corrected chi connectivity index (χ0v) is 8.37. The Morgan fingerprint density at radius 3 is 3.14 bits per heavy atom. The monoisotopic (exact) mass is 198 g/mol. The van der Waals surface area contributed by atoms with Crippen molar-refractivity contribution in [2.24, 2.45) is 5.73 Å². The molecule has 0 radical (unpaired) electrons. The van der Waals surface area contributed by atoms with Crippen molar-refractivity contribution in [2.45, 2.75) is 25.3 Å². The average Bonchev–Trinajstić information content (AvgIpc) is 2.43. The van der Waals surface area contributed by atoms with Crippen molar-refractivity contribution in [3.63, 3.8) is 0 Å². The van der Waals surface area contributed by atoms with E-state index in [1.807, 2.05) is 0 Å². The predicted octanol–water partition coefficient (Wildman–Crippen LogP) is 0.187. The number of carbonyl (C=O) groups excluding carboxylic acids is 1. The molecule has 80 valence electrons. The molecule has 1 atom stereocenters. The van der Waals surface area contributed by atoms with E-state index in [2.05, 4.69) is 5.32 Å². The van der Waals surface area contributed by atoms with Gasteiger partial charge in [0.15, 0.2) is 0 Å². The fourth-order valence-corrected chi connectivity index (χ4v) is 1.47. The van der Waals surface area contributed by atoms with Crippen LogP contribution in [0.1, 0.15) is 19.3 Å². The minimum absolute atomic E-state index is 0.0534. The lowest BCUT2D eigenvalue weighted by Gasteiger charge is -2.13. The van der Waals surface area contributed by atoms with Crippen LogP contribution in [0.4, 0.5) is 0 Å². The fraction of sp³-hybridized carbons (Fsp3) is 0.700. The molecule has 1 aliphatic heterocycles. The number of carbonyl (C=O) groups is 1. The fourth-order valence-electron chi connectivity index (χ4n) is 1.47. The van der Waals surface area contributed by atoms with Gasteiger partial charge in [-0.2, -0.15) is 0 Å². The Balaban J connectivity index is 2.27. The second-order valence-electron chi connectivity index (χ2n) is 3.39. The van der Waals surface area contributed by atoms with Gasteiger partial charge in [-0.3, -0.25) is 4.79 Å². The van der Waals surface area contributed by atoms with Crippen LogP contribution in [-0.4, -0.2) is 31.7 Å². The average molecular weight is 198 g/mol. The maximum absolute atomic E-state index is 11.3. The number of nitrogens with two attached hydrogens (primary N) is 1. The van der Waals surface area contributed by atoms with Gasteiger partial charge in [-0.1, -0.05) is 6.08 Å². The first-order valence-corrected chi connectivity index (χ1v) is 5.08. The van der Waals surface area contributed by atoms with Crippen LogP contribution in [0.3, 0.4) is 0 Å². The van der Waals surface area contributed by atoms with Crippen molar-refractivity contribution < 1.29 is 9.53 Å². The van der Waals surface area contributed by atoms with E-state index >= 15 is 0 Å². The van der Waals surface area contributed by atoms with E-state index in [0.717, 1.165) is 32.5 Å². The Hall–Kier alpha value is -0.870. The molecular formula is C10H18N2O2. The molecule has 0 saturated carbocycles. The van der Waals surface area contributed by atoms with E-state index in [0.29, 0.717) is 6.54 Å². The first-order valence-electron chi connectivity index (χ1n) is 5.08. The molecule has 0 bridgehead atoms. The standard InChI is InChI=1S/C10H18N2O2/c11-6-1-4-10(13)12-9-3-2-7-14-8-5-9/h1,4,9H,2-3,5-8,11H2,(H,12,13)/b4-1+. The molecule has 14 heavy (non-hydrogen) atoms. The van der Waals surface area contributed by atoms with Crippen LogP contribution in [0.15, 0.2) is 12.2 Å². The normalized spacial score (nSPS) is 23.4. The van der Waals surface area contributed by atoms with Crippen molar-refractivity contribution >= 4 is 5.91 Å². The first kappa shape index (κ1) is 11.2. The molecule has 0 aromatic carbocycles. The van der Waals surface area contributed by atoms with Crippen molar-refractivity contribution in [3.8, 4) is 0 Å². The summed E-state index contributed by atoms with van der Waals surface area (Å²) in [6.45, 7) is 1.96. The van der Waals surface area contributed by atoms with Gasteiger partial charge in [0.2, 0.25) is 5.91 Å². The smallest absolute Gasteiger partial charge is 0.243 e. The molecular weight excluding hydrogens is 180 g/mol. The number of hydrogen-bond acceptors (Lipinski definition) is 3. The number of amides is 1. The van der Waals surface area contributed by atoms with Crippen LogP contribution in [0.5, 0.6) is 0 Å². The third-order valence-electron chi connectivity index (χ3n) is 2.20. The summed E-state index contributed by atoms with van der Waals surface area (Å²) in [4.78, 5) is 11.3. The summed E-state index contributed by atoms with van der Waals surface area (Å²) >= 11 is 0. The summed E-state index contributed by atoms with van der Waals surface area (Å²) in [7, 11) is 0. The highest BCUT2D eigenvalue weighted by Crippen LogP contribution is 2.07. The minimum atomic E-state index is -0.0534. The molecule has 0 aliphatic carbocycles. The zero-order valence-electron chi connectivity index (χ0n) is 8.37. The van der Waals surface area contributed by atoms with Crippen molar-refractivity contribution in [3.05, 3.63) is 12.2 Å². The highest BCUT2D eigenvalue weighted by molar-refractivity contribution is 5.87. The molecule has 1 unspecified atom stereocenters. The van der Waals surface area contributed by atoms with Crippen LogP contribution in [0.25, 0.3) is 0 Å². The maximum atomic E-state index is 11.3. The third kappa shape index (κ3) is 4.39. The highest BCUT2D eigenvalue weighted by atomic mass is 16.5. The molecule has 1 amide bonds. The summed E-state index contributed by atoms with van der Waals surface area (Å²) in [6, 6.07) is 0.257. The van der Waals surface area contributed by atoms with Gasteiger partial charge in [0.1, 0.15) is 0 Å². The van der Waals surface area contributed by atoms with E-state index in [4.69, 9.17) is 10.5 Å². The van der Waals surface area contributed by atoms with E-state index in [1.54, 1.807) is 6.08 Å². The van der Waals surface area contributed by atoms with Gasteiger partial charge in [-0.25, -0.2) is 0 Å². The molecule has 0 aromatic heterocycles. The highest BCUT2D eigenvalue weighted by Gasteiger charge is 2.13. The number of rotatable bonds is 3. The summed E-state index contributed by atoms with van der Waals surface area (Å²) in [5.74, 6) is -0.0534. The number of ether oxygens (including phenoxy) is 1. The Bertz CT molecular complexity index is 196. The van der Waals surface area contributed by atoms with E-state index in [9.17, 15) is 4.79 Å². The summed E-state index contributed by atoms with van der Waals surface area (Å²) in [6.07, 6.45) is 6.07. The molecule has 1 rings (SSSR count). The third-order valence-corrected chi connectivity index (χ3v) is 2.20. The Labute approximate surface area is 84.5 Å². The molecule has 1 fully saturated rings. The molecule has 0 spiro atoms. The van der Waals surface area contributed by atoms with Gasteiger partial charge in [0.25, 0.3) is 0 Å². The van der Waals surface area contributed by atoms with Crippen LogP contribution >= 0.6 is 0 Å². The Kier molecular flexibility index (Phi) is 5.25. The van der Waals surface area contributed by atoms with Crippen LogP contribution in [-0.2, 0) is 9.53 Å². The lowest BCUT2D eigenvalue weighted by atomic mass is 10.1. The van der Waals surface area contributed by atoms with E-state index in [-0.39, 0.29) is 11.9 Å². The van der Waals surface area contributed by atoms with E-state index < -0.39 is 0 Å². The molecule has 0 aromatic rings. The van der Waals surface area contributed by atoms with Gasteiger partial charge in [-0.15, -0.1) is 0 Å². The van der Waals surface area contributed by atoms with Crippen molar-refractivity contribution in [2.75, 3.05) is 19.8 Å². The Morgan fingerprint density at radius 2 is 2.36 bits per heavy atom. The predicted molar refractivity (Wildman–Crippen MR) is 54.8 cm³/mol. The largest absolute Gasteiger partial charge is 0.381 e. The van der Waals surface area contributed by atoms with Crippen LogP contribution in [0.2, 0.25) is 0 Å². The van der Waals surface area contributed by atoms with Crippen LogP contribution < -0.4 is 11.1 Å². The molecule has 4 nitrogen and oxygen atoms in total.